The van der Waals surface area contributed by atoms with Gasteiger partial charge in [0.25, 0.3) is 0 Å². The molecule has 8 heteroatoms. The third kappa shape index (κ3) is 4.59. The largest absolute Gasteiger partial charge is 0.480 e. The van der Waals surface area contributed by atoms with Crippen LogP contribution in [0.1, 0.15) is 46.5 Å². The maximum Gasteiger partial charge on any atom is 0.326 e. The van der Waals surface area contributed by atoms with E-state index in [9.17, 15) is 19.5 Å². The zero-order chi connectivity index (χ0) is 18.1. The summed E-state index contributed by atoms with van der Waals surface area (Å²) in [4.78, 5) is 38.0. The fourth-order valence-electron chi connectivity index (χ4n) is 3.18. The van der Waals surface area contributed by atoms with Gasteiger partial charge in [-0.05, 0) is 36.9 Å². The zero-order valence-corrected chi connectivity index (χ0v) is 16.0. The van der Waals surface area contributed by atoms with E-state index in [-0.39, 0.29) is 22.6 Å². The van der Waals surface area contributed by atoms with Crippen LogP contribution in [0.25, 0.3) is 0 Å². The first-order valence-electron chi connectivity index (χ1n) is 8.25. The van der Waals surface area contributed by atoms with Gasteiger partial charge in [-0.1, -0.05) is 20.8 Å². The van der Waals surface area contributed by atoms with Crippen LogP contribution in [0.15, 0.2) is 0 Å². The molecule has 2 saturated heterocycles. The highest BCUT2D eigenvalue weighted by atomic mass is 32.2. The van der Waals surface area contributed by atoms with Crippen molar-refractivity contribution in [2.24, 2.45) is 5.41 Å². The number of carboxylic acids is 1. The van der Waals surface area contributed by atoms with Gasteiger partial charge < -0.3 is 15.3 Å². The molecule has 2 N–H and O–H groups in total. The fraction of sp³-hybridized carbons (Fsp3) is 0.812. The number of aliphatic carboxylic acids is 1. The predicted molar refractivity (Wildman–Crippen MR) is 97.1 cm³/mol. The lowest BCUT2D eigenvalue weighted by Crippen LogP contribution is -2.53. The summed E-state index contributed by atoms with van der Waals surface area (Å²) >= 11 is 5.96. The molecule has 2 amide bonds. The van der Waals surface area contributed by atoms with E-state index in [1.165, 1.54) is 4.90 Å². The Morgan fingerprint density at radius 1 is 1.38 bits per heavy atom. The van der Waals surface area contributed by atoms with Gasteiger partial charge in [-0.25, -0.2) is 4.79 Å². The minimum Gasteiger partial charge on any atom is -0.480 e. The van der Waals surface area contributed by atoms with Crippen LogP contribution < -0.4 is 5.32 Å². The number of carboxylic acid groups (broad SMARTS) is 1. The maximum absolute atomic E-state index is 12.8. The number of fused-ring (bicyclic) bond motifs is 1. The minimum absolute atomic E-state index is 0.0402. The number of rotatable bonds is 4. The van der Waals surface area contributed by atoms with Crippen LogP contribution in [0.3, 0.4) is 0 Å². The highest BCUT2D eigenvalue weighted by Crippen LogP contribution is 2.35. The molecule has 2 aliphatic heterocycles. The van der Waals surface area contributed by atoms with Gasteiger partial charge in [-0.15, -0.1) is 11.8 Å². The number of nitrogens with one attached hydrogen (secondary N) is 1. The van der Waals surface area contributed by atoms with Gasteiger partial charge in [0.05, 0.1) is 10.6 Å². The van der Waals surface area contributed by atoms with Crippen molar-refractivity contribution in [3.63, 3.8) is 0 Å². The highest BCUT2D eigenvalue weighted by Gasteiger charge is 2.45. The van der Waals surface area contributed by atoms with Crippen LogP contribution in [-0.2, 0) is 14.4 Å². The van der Waals surface area contributed by atoms with Gasteiger partial charge >= 0.3 is 5.97 Å². The third-order valence-electron chi connectivity index (χ3n) is 4.31. The molecule has 4 atom stereocenters. The number of amides is 2. The van der Waals surface area contributed by atoms with Gasteiger partial charge in [0, 0.05) is 0 Å². The lowest BCUT2D eigenvalue weighted by atomic mass is 9.90. The van der Waals surface area contributed by atoms with Crippen molar-refractivity contribution in [3.05, 3.63) is 0 Å². The topological polar surface area (TPSA) is 86.7 Å². The summed E-state index contributed by atoms with van der Waals surface area (Å²) in [5.41, 5.74) is -0.0402. The van der Waals surface area contributed by atoms with E-state index in [1.54, 1.807) is 11.8 Å². The lowest BCUT2D eigenvalue weighted by molar-refractivity contribution is -0.149. The number of hydrogen-bond acceptors (Lipinski definition) is 5. The summed E-state index contributed by atoms with van der Waals surface area (Å²) in [7, 11) is 0. The van der Waals surface area contributed by atoms with Crippen molar-refractivity contribution >= 4 is 42.2 Å². The average molecular weight is 375 g/mol. The zero-order valence-electron chi connectivity index (χ0n) is 14.3. The summed E-state index contributed by atoms with van der Waals surface area (Å²) in [6.07, 6.45) is 2.28. The first kappa shape index (κ1) is 19.4. The Bertz CT molecular complexity index is 521. The smallest absolute Gasteiger partial charge is 0.326 e. The molecule has 2 rings (SSSR count). The summed E-state index contributed by atoms with van der Waals surface area (Å²) < 4.78 is 0. The first-order chi connectivity index (χ1) is 11.1. The van der Waals surface area contributed by atoms with E-state index in [0.717, 1.165) is 5.75 Å². The van der Waals surface area contributed by atoms with E-state index >= 15 is 0 Å². The molecule has 2 heterocycles. The van der Waals surface area contributed by atoms with Crippen molar-refractivity contribution in [3.8, 4) is 0 Å². The van der Waals surface area contributed by atoms with E-state index < -0.39 is 23.3 Å². The molecule has 0 radical (unpaired) electrons. The van der Waals surface area contributed by atoms with Gasteiger partial charge in [0.2, 0.25) is 11.8 Å². The molecule has 136 valence electrons. The van der Waals surface area contributed by atoms with Crippen LogP contribution in [0.2, 0.25) is 0 Å². The van der Waals surface area contributed by atoms with Crippen LogP contribution in [0.5, 0.6) is 0 Å². The first-order valence-corrected chi connectivity index (χ1v) is 9.81. The molecule has 0 bridgehead atoms. The molecule has 24 heavy (non-hydrogen) atoms. The Morgan fingerprint density at radius 2 is 2.04 bits per heavy atom. The van der Waals surface area contributed by atoms with Crippen LogP contribution in [0, 0.1) is 5.41 Å². The molecule has 6 nitrogen and oxygen atoms in total. The van der Waals surface area contributed by atoms with Gasteiger partial charge in [0.1, 0.15) is 12.1 Å². The van der Waals surface area contributed by atoms with Crippen molar-refractivity contribution in [2.75, 3.05) is 5.75 Å². The molecule has 0 aromatic heterocycles. The highest BCUT2D eigenvalue weighted by molar-refractivity contribution is 7.99. The standard InChI is InChI=1S/C16H26N2O4S2/c1-16(2,3)8-11(23)13(19)17-9-6-7-24-12-5-4-10(15(21)22)18(12)14(9)20/h9-12,23H,4-8H2,1-3H3,(H,17,19)(H,21,22). The van der Waals surface area contributed by atoms with Crippen molar-refractivity contribution in [2.45, 2.75) is 69.2 Å². The number of carbonyl (C=O) groups is 3. The molecule has 0 spiro atoms. The molecule has 0 saturated carbocycles. The maximum atomic E-state index is 12.8. The van der Waals surface area contributed by atoms with E-state index in [2.05, 4.69) is 17.9 Å². The second-order valence-electron chi connectivity index (χ2n) is 7.63. The predicted octanol–water partition coefficient (Wildman–Crippen LogP) is 1.74. The third-order valence-corrected chi connectivity index (χ3v) is 6.05. The number of carbonyl (C=O) groups excluding carboxylic acids is 2. The monoisotopic (exact) mass is 374 g/mol. The average Bonchev–Trinajstić information content (AvgIpc) is 2.81. The Balaban J connectivity index is 2.06. The Kier molecular flexibility index (Phi) is 6.12. The van der Waals surface area contributed by atoms with Gasteiger partial charge in [-0.3, -0.25) is 9.59 Å². The molecule has 0 aromatic rings. The minimum atomic E-state index is -0.974. The van der Waals surface area contributed by atoms with E-state index in [1.807, 2.05) is 20.8 Å². The number of nitrogens with zero attached hydrogens (tertiary/aromatic N) is 1. The van der Waals surface area contributed by atoms with E-state index in [4.69, 9.17) is 0 Å². The van der Waals surface area contributed by atoms with Crippen molar-refractivity contribution in [1.29, 1.82) is 0 Å². The van der Waals surface area contributed by atoms with Gasteiger partial charge in [0.15, 0.2) is 0 Å². The second-order valence-corrected chi connectivity index (χ2v) is 9.54. The van der Waals surface area contributed by atoms with Crippen molar-refractivity contribution < 1.29 is 19.5 Å². The quantitative estimate of drug-likeness (QED) is 0.653. The van der Waals surface area contributed by atoms with Crippen molar-refractivity contribution in [1.82, 2.24) is 10.2 Å². The summed E-state index contributed by atoms with van der Waals surface area (Å²) in [6.45, 7) is 6.09. The molecule has 4 unspecified atom stereocenters. The molecule has 0 aliphatic carbocycles. The van der Waals surface area contributed by atoms with Crippen LogP contribution in [0.4, 0.5) is 0 Å². The van der Waals surface area contributed by atoms with E-state index in [0.29, 0.717) is 25.7 Å². The Labute approximate surface area is 152 Å². The normalized spacial score (nSPS) is 28.9. The number of thioether (sulfide) groups is 1. The molecule has 0 aromatic carbocycles. The molecule has 2 fully saturated rings. The molecular formula is C16H26N2O4S2. The summed E-state index contributed by atoms with van der Waals surface area (Å²) in [6, 6.07) is -1.45. The second kappa shape index (κ2) is 7.56. The Morgan fingerprint density at radius 3 is 2.62 bits per heavy atom. The Hall–Kier alpha value is -0.890. The van der Waals surface area contributed by atoms with Gasteiger partial charge in [-0.2, -0.15) is 12.6 Å². The lowest BCUT2D eigenvalue weighted by Gasteiger charge is -2.29. The molecule has 2 aliphatic rings. The number of hydrogen-bond donors (Lipinski definition) is 3. The SMILES string of the molecule is CC(C)(C)CC(S)C(=O)NC1CCSC2CCC(C(=O)O)N2C1=O. The summed E-state index contributed by atoms with van der Waals surface area (Å²) in [5.74, 6) is -0.792. The summed E-state index contributed by atoms with van der Waals surface area (Å²) in [5, 5.41) is 11.6. The molecular weight excluding hydrogens is 348 g/mol. The van der Waals surface area contributed by atoms with Crippen LogP contribution >= 0.6 is 24.4 Å². The fourth-order valence-corrected chi connectivity index (χ4v) is 5.16. The number of thiol groups is 1. The van der Waals surface area contributed by atoms with Crippen LogP contribution in [-0.4, -0.2) is 56.3 Å².